The second-order valence-electron chi connectivity index (χ2n) is 5.13. The fraction of sp³-hybridized carbons (Fsp3) is 0.500. The lowest BCUT2D eigenvalue weighted by Crippen LogP contribution is -2.28. The van der Waals surface area contributed by atoms with Crippen molar-refractivity contribution in [2.75, 3.05) is 7.05 Å². The van der Waals surface area contributed by atoms with E-state index in [2.05, 4.69) is 35.5 Å². The number of carbonyl (C=O) groups is 1. The first-order chi connectivity index (χ1) is 9.58. The Hall–Kier alpha value is -1.69. The lowest BCUT2D eigenvalue weighted by molar-refractivity contribution is -0.130. The fourth-order valence-corrected chi connectivity index (χ4v) is 2.69. The van der Waals surface area contributed by atoms with Gasteiger partial charge in [0.1, 0.15) is 6.33 Å². The van der Waals surface area contributed by atoms with Crippen molar-refractivity contribution in [1.29, 1.82) is 0 Å². The Labute approximate surface area is 123 Å². The van der Waals surface area contributed by atoms with Crippen LogP contribution in [-0.4, -0.2) is 32.6 Å². The zero-order valence-corrected chi connectivity index (χ0v) is 12.9. The van der Waals surface area contributed by atoms with Gasteiger partial charge in [-0.25, -0.2) is 0 Å². The normalized spacial score (nSPS) is 11.0. The topological polar surface area (TPSA) is 51.0 Å². The maximum absolute atomic E-state index is 12.1. The van der Waals surface area contributed by atoms with E-state index in [-0.39, 0.29) is 5.91 Å². The minimum absolute atomic E-state index is 0.134. The van der Waals surface area contributed by atoms with Crippen LogP contribution >= 0.6 is 11.3 Å². The number of nitrogens with zero attached hydrogens (tertiary/aromatic N) is 4. The molecule has 0 saturated heterocycles. The van der Waals surface area contributed by atoms with Crippen molar-refractivity contribution in [3.05, 3.63) is 34.5 Å². The van der Waals surface area contributed by atoms with Crippen molar-refractivity contribution >= 4 is 17.2 Å². The van der Waals surface area contributed by atoms with Gasteiger partial charge in [-0.1, -0.05) is 0 Å². The molecule has 0 aromatic carbocycles. The monoisotopic (exact) mass is 292 g/mol. The van der Waals surface area contributed by atoms with Gasteiger partial charge in [0.25, 0.3) is 0 Å². The van der Waals surface area contributed by atoms with Crippen LogP contribution in [0.2, 0.25) is 0 Å². The Bertz CT molecular complexity index is 547. The molecule has 5 nitrogen and oxygen atoms in total. The van der Waals surface area contributed by atoms with Gasteiger partial charge < -0.3 is 9.47 Å². The van der Waals surface area contributed by atoms with Gasteiger partial charge in [-0.05, 0) is 42.7 Å². The van der Waals surface area contributed by atoms with Crippen LogP contribution in [0.15, 0.2) is 23.2 Å². The molecule has 0 bridgehead atoms. The molecule has 20 heavy (non-hydrogen) atoms. The largest absolute Gasteiger partial charge is 0.338 e. The molecule has 0 aliphatic rings. The van der Waals surface area contributed by atoms with Gasteiger partial charge in [-0.15, -0.1) is 10.2 Å². The third-order valence-electron chi connectivity index (χ3n) is 3.22. The summed E-state index contributed by atoms with van der Waals surface area (Å²) in [5.41, 5.74) is 1.22. The molecule has 0 N–H and O–H groups in total. The van der Waals surface area contributed by atoms with E-state index in [1.54, 1.807) is 22.6 Å². The van der Waals surface area contributed by atoms with Crippen LogP contribution in [0, 0.1) is 0 Å². The average molecular weight is 292 g/mol. The second-order valence-corrected chi connectivity index (χ2v) is 5.91. The van der Waals surface area contributed by atoms with Crippen LogP contribution in [0.1, 0.15) is 37.7 Å². The van der Waals surface area contributed by atoms with Crippen molar-refractivity contribution in [3.63, 3.8) is 0 Å². The van der Waals surface area contributed by atoms with Crippen molar-refractivity contribution in [3.8, 4) is 0 Å². The van der Waals surface area contributed by atoms with Crippen LogP contribution < -0.4 is 0 Å². The molecule has 0 unspecified atom stereocenters. The molecule has 6 heteroatoms. The molecule has 1 amide bonds. The Balaban J connectivity index is 1.89. The summed E-state index contributed by atoms with van der Waals surface area (Å²) >= 11 is 1.66. The second kappa shape index (κ2) is 6.65. The molecular weight excluding hydrogens is 272 g/mol. The van der Waals surface area contributed by atoms with E-state index in [0.29, 0.717) is 19.0 Å². The first-order valence-corrected chi connectivity index (χ1v) is 7.65. The van der Waals surface area contributed by atoms with E-state index >= 15 is 0 Å². The number of hydrogen-bond acceptors (Lipinski definition) is 4. The summed E-state index contributed by atoms with van der Waals surface area (Å²) in [7, 11) is 1.81. The minimum atomic E-state index is 0.134. The maximum atomic E-state index is 12.1. The van der Waals surface area contributed by atoms with Gasteiger partial charge >= 0.3 is 0 Å². The summed E-state index contributed by atoms with van der Waals surface area (Å²) in [5, 5.41) is 12.1. The molecule has 2 aromatic heterocycles. The van der Waals surface area contributed by atoms with Gasteiger partial charge in [-0.3, -0.25) is 4.79 Å². The molecule has 2 heterocycles. The molecular formula is C14H20N4OS. The zero-order chi connectivity index (χ0) is 14.5. The van der Waals surface area contributed by atoms with Gasteiger partial charge in [0.15, 0.2) is 5.82 Å². The predicted octanol–water partition coefficient (Wildman–Crippen LogP) is 2.51. The molecule has 0 fully saturated rings. The molecule has 0 aliphatic carbocycles. The highest BCUT2D eigenvalue weighted by Gasteiger charge is 2.14. The Kier molecular flexibility index (Phi) is 4.89. The first-order valence-electron chi connectivity index (χ1n) is 6.71. The van der Waals surface area contributed by atoms with Crippen molar-refractivity contribution < 1.29 is 4.79 Å². The summed E-state index contributed by atoms with van der Waals surface area (Å²) in [4.78, 5) is 13.8. The lowest BCUT2D eigenvalue weighted by atomic mass is 10.2. The standard InChI is InChI=1S/C14H20N4OS/c1-11(2)18-10-15-16-13(18)8-17(3)14(19)5-4-12-6-7-20-9-12/h6-7,9-11H,4-5,8H2,1-3H3. The highest BCUT2D eigenvalue weighted by atomic mass is 32.1. The van der Waals surface area contributed by atoms with Crippen LogP contribution in [0.4, 0.5) is 0 Å². The molecule has 2 aromatic rings. The number of thiophene rings is 1. The summed E-state index contributed by atoms with van der Waals surface area (Å²) < 4.78 is 1.99. The summed E-state index contributed by atoms with van der Waals surface area (Å²) in [5.74, 6) is 0.959. The smallest absolute Gasteiger partial charge is 0.223 e. The van der Waals surface area contributed by atoms with E-state index in [1.807, 2.05) is 17.0 Å². The maximum Gasteiger partial charge on any atom is 0.223 e. The van der Waals surface area contributed by atoms with Crippen molar-refractivity contribution in [1.82, 2.24) is 19.7 Å². The number of hydrogen-bond donors (Lipinski definition) is 0. The van der Waals surface area contributed by atoms with E-state index in [9.17, 15) is 4.79 Å². The third-order valence-corrected chi connectivity index (χ3v) is 3.95. The highest BCUT2D eigenvalue weighted by Crippen LogP contribution is 2.11. The predicted molar refractivity (Wildman–Crippen MR) is 79.5 cm³/mol. The summed E-state index contributed by atoms with van der Waals surface area (Å²) in [6.45, 7) is 4.65. The van der Waals surface area contributed by atoms with E-state index in [1.165, 1.54) is 5.56 Å². The molecule has 0 saturated carbocycles. The van der Waals surface area contributed by atoms with E-state index < -0.39 is 0 Å². The van der Waals surface area contributed by atoms with E-state index in [4.69, 9.17) is 0 Å². The molecule has 0 atom stereocenters. The molecule has 0 radical (unpaired) electrons. The molecule has 0 spiro atoms. The number of aromatic nitrogens is 3. The lowest BCUT2D eigenvalue weighted by Gasteiger charge is -2.18. The number of aryl methyl sites for hydroxylation is 1. The van der Waals surface area contributed by atoms with Crippen LogP contribution in [0.3, 0.4) is 0 Å². The third kappa shape index (κ3) is 3.66. The quantitative estimate of drug-likeness (QED) is 0.822. The molecule has 0 aliphatic heterocycles. The van der Waals surface area contributed by atoms with Crippen LogP contribution in [-0.2, 0) is 17.8 Å². The highest BCUT2D eigenvalue weighted by molar-refractivity contribution is 7.07. The minimum Gasteiger partial charge on any atom is -0.338 e. The average Bonchev–Trinajstić information content (AvgIpc) is 3.06. The van der Waals surface area contributed by atoms with Crippen molar-refractivity contribution in [2.24, 2.45) is 0 Å². The fourth-order valence-electron chi connectivity index (χ4n) is 1.99. The SMILES string of the molecule is CC(C)n1cnnc1CN(C)C(=O)CCc1ccsc1. The Morgan fingerprint density at radius 3 is 2.95 bits per heavy atom. The Morgan fingerprint density at radius 2 is 2.30 bits per heavy atom. The van der Waals surface area contributed by atoms with Crippen molar-refractivity contribution in [2.45, 2.75) is 39.3 Å². The zero-order valence-electron chi connectivity index (χ0n) is 12.1. The molecule has 108 valence electrons. The van der Waals surface area contributed by atoms with Crippen LogP contribution in [0.25, 0.3) is 0 Å². The summed E-state index contributed by atoms with van der Waals surface area (Å²) in [6, 6.07) is 2.36. The van der Waals surface area contributed by atoms with Gasteiger partial charge in [0.2, 0.25) is 5.91 Å². The Morgan fingerprint density at radius 1 is 1.50 bits per heavy atom. The molecule has 2 rings (SSSR count). The number of rotatable bonds is 6. The number of carbonyl (C=O) groups excluding carboxylic acids is 1. The van der Waals surface area contributed by atoms with Gasteiger partial charge in [-0.2, -0.15) is 11.3 Å². The number of amides is 1. The van der Waals surface area contributed by atoms with Gasteiger partial charge in [0.05, 0.1) is 6.54 Å². The van der Waals surface area contributed by atoms with E-state index in [0.717, 1.165) is 12.2 Å². The summed E-state index contributed by atoms with van der Waals surface area (Å²) in [6.07, 6.45) is 3.04. The van der Waals surface area contributed by atoms with Gasteiger partial charge in [0, 0.05) is 19.5 Å². The van der Waals surface area contributed by atoms with Crippen LogP contribution in [0.5, 0.6) is 0 Å². The first kappa shape index (κ1) is 14.7.